The minimum Gasteiger partial charge on any atom is -0.481 e. The second-order valence-corrected chi connectivity index (χ2v) is 25.0. The van der Waals surface area contributed by atoms with E-state index in [9.17, 15) is 14.4 Å². The molecular weight excluding hydrogens is 1300 g/mol. The van der Waals surface area contributed by atoms with Crippen LogP contribution in [0.1, 0.15) is 86.1 Å². The molecule has 0 aliphatic rings. The number of terminal acetylenes is 1. The molecule has 0 atom stereocenters. The van der Waals surface area contributed by atoms with E-state index in [0.717, 1.165) is 70.8 Å². The van der Waals surface area contributed by atoms with E-state index in [0.29, 0.717) is 52.7 Å². The highest BCUT2D eigenvalue weighted by Crippen LogP contribution is 2.29. The molecule has 0 spiro atoms. The van der Waals surface area contributed by atoms with Gasteiger partial charge in [0.05, 0.1) is 85.2 Å². The molecular formula is C62H56Cl3IN6O9S3. The lowest BCUT2D eigenvalue weighted by molar-refractivity contribution is -0.152. The Morgan fingerprint density at radius 1 is 0.524 bits per heavy atom. The van der Waals surface area contributed by atoms with Crippen LogP contribution in [0.4, 0.5) is 0 Å². The summed E-state index contributed by atoms with van der Waals surface area (Å²) in [7, 11) is 0. The van der Waals surface area contributed by atoms with Crippen LogP contribution in [0, 0.1) is 39.6 Å². The van der Waals surface area contributed by atoms with Gasteiger partial charge >= 0.3 is 17.9 Å². The number of esters is 2. The largest absolute Gasteiger partial charge is 0.481 e. The first-order chi connectivity index (χ1) is 39.9. The van der Waals surface area contributed by atoms with Gasteiger partial charge in [0.15, 0.2) is 15.5 Å². The number of carbonyl (C=O) groups excluding carboxylic acids is 2. The number of nitrogens with one attached hydrogen (secondary N) is 3. The highest BCUT2D eigenvalue weighted by Gasteiger charge is 2.19. The molecule has 7 N–H and O–H groups in total. The summed E-state index contributed by atoms with van der Waals surface area (Å²) in [4.78, 5) is 56.8. The van der Waals surface area contributed by atoms with Gasteiger partial charge in [-0.15, -0.1) is 6.42 Å². The van der Waals surface area contributed by atoms with E-state index >= 15 is 0 Å². The SMILES string of the molecule is C#Cc1ccc(CO)cc1.CC(C)(C)OC(=O)CSc1nc2cc(Cl)c(C#Cc3ccc(CO)cc3)cc2[nH]1.CC(C)(C)OC(=O)CSc1nc2cc(I)c(Cl)cc2[nH]1.O=C(O)CSc1nc2cc(Cl)c(C#Cc3ccc(CO)cc3)cc2[nH]1. The van der Waals surface area contributed by atoms with Gasteiger partial charge in [-0.05, 0) is 154 Å². The number of H-pyrrole nitrogens is 3. The molecule has 3 heterocycles. The van der Waals surface area contributed by atoms with Gasteiger partial charge in [0, 0.05) is 31.4 Å². The number of halogens is 4. The predicted molar refractivity (Wildman–Crippen MR) is 345 cm³/mol. The molecule has 0 amide bonds. The number of imidazole rings is 3. The van der Waals surface area contributed by atoms with E-state index in [4.69, 9.17) is 71.1 Å². The first kappa shape index (κ1) is 66.5. The zero-order chi connectivity index (χ0) is 61.1. The number of thioether (sulfide) groups is 3. The van der Waals surface area contributed by atoms with E-state index < -0.39 is 17.2 Å². The average Bonchev–Trinajstić information content (AvgIpc) is 4.29. The van der Waals surface area contributed by atoms with Crippen molar-refractivity contribution in [3.63, 3.8) is 0 Å². The third-order valence-corrected chi connectivity index (χ3v) is 15.4. The van der Waals surface area contributed by atoms with Crippen LogP contribution in [0.15, 0.2) is 125 Å². The normalized spacial score (nSPS) is 10.9. The summed E-state index contributed by atoms with van der Waals surface area (Å²) in [6, 6.07) is 32.8. The minimum absolute atomic E-state index is 0.00173. The summed E-state index contributed by atoms with van der Waals surface area (Å²) < 4.78 is 11.5. The number of hydrogen-bond donors (Lipinski definition) is 7. The van der Waals surface area contributed by atoms with Crippen molar-refractivity contribution in [3.8, 4) is 36.0 Å². The molecule has 0 saturated heterocycles. The Labute approximate surface area is 527 Å². The van der Waals surface area contributed by atoms with Crippen molar-refractivity contribution >= 4 is 144 Å². The van der Waals surface area contributed by atoms with Crippen molar-refractivity contribution in [1.82, 2.24) is 29.9 Å². The Bertz CT molecular complexity index is 3900. The molecule has 0 unspecified atom stereocenters. The molecule has 0 aliphatic heterocycles. The number of aliphatic hydroxyl groups excluding tert-OH is 3. The van der Waals surface area contributed by atoms with Gasteiger partial charge in [-0.3, -0.25) is 14.4 Å². The maximum Gasteiger partial charge on any atom is 0.316 e. The zero-order valence-corrected chi connectivity index (χ0v) is 53.0. The lowest BCUT2D eigenvalue weighted by atomic mass is 10.1. The van der Waals surface area contributed by atoms with Crippen LogP contribution in [0.2, 0.25) is 15.1 Å². The second-order valence-electron chi connectivity index (χ2n) is 19.7. The first-order valence-corrected chi connectivity index (χ1v) is 30.4. The number of carboxylic acids is 1. The Balaban J connectivity index is 0.000000189. The fourth-order valence-electron chi connectivity index (χ4n) is 6.89. The van der Waals surface area contributed by atoms with E-state index in [1.54, 1.807) is 18.2 Å². The Morgan fingerprint density at radius 2 is 0.869 bits per heavy atom. The monoisotopic (exact) mass is 1360 g/mol. The summed E-state index contributed by atoms with van der Waals surface area (Å²) in [6.07, 6.45) is 5.13. The molecule has 0 fully saturated rings. The van der Waals surface area contributed by atoms with E-state index in [-0.39, 0.29) is 49.0 Å². The number of hydrogen-bond acceptors (Lipinski definition) is 14. The van der Waals surface area contributed by atoms with Crippen molar-refractivity contribution in [3.05, 3.63) is 172 Å². The van der Waals surface area contributed by atoms with Crippen LogP contribution in [-0.2, 0) is 43.7 Å². The van der Waals surface area contributed by atoms with Crippen LogP contribution in [0.5, 0.6) is 0 Å². The van der Waals surface area contributed by atoms with E-state index in [1.807, 2.05) is 133 Å². The molecule has 22 heteroatoms. The van der Waals surface area contributed by atoms with Crippen molar-refractivity contribution in [2.24, 2.45) is 0 Å². The number of aromatic nitrogens is 6. The number of aliphatic hydroxyl groups is 3. The number of fused-ring (bicyclic) bond motifs is 3. The number of carbonyl (C=O) groups is 3. The fraction of sp³-hybridized carbons (Fsp3) is 0.226. The van der Waals surface area contributed by atoms with Crippen LogP contribution in [-0.4, -0.2) is 96.7 Å². The van der Waals surface area contributed by atoms with Crippen LogP contribution in [0.25, 0.3) is 33.1 Å². The lowest BCUT2D eigenvalue weighted by Gasteiger charge is -2.18. The third kappa shape index (κ3) is 21.8. The second kappa shape index (κ2) is 31.5. The number of aromatic amines is 3. The number of carboxylic acid groups (broad SMARTS) is 1. The van der Waals surface area contributed by atoms with Gasteiger partial charge in [0.2, 0.25) is 0 Å². The van der Waals surface area contributed by atoms with E-state index in [2.05, 4.69) is 82.1 Å². The molecule has 6 aromatic carbocycles. The maximum absolute atomic E-state index is 11.9. The average molecular weight is 1360 g/mol. The quantitative estimate of drug-likeness (QED) is 0.0261. The molecule has 0 saturated carbocycles. The Kier molecular flexibility index (Phi) is 24.9. The summed E-state index contributed by atoms with van der Waals surface area (Å²) in [5.74, 6) is 13.6. The molecule has 0 radical (unpaired) electrons. The fourth-order valence-corrected chi connectivity index (χ4v) is 9.84. The minimum atomic E-state index is -0.901. The molecule has 9 rings (SSSR count). The Morgan fingerprint density at radius 3 is 1.21 bits per heavy atom. The molecule has 0 aliphatic carbocycles. The molecule has 0 bridgehead atoms. The van der Waals surface area contributed by atoms with Crippen molar-refractivity contribution in [2.75, 3.05) is 17.3 Å². The summed E-state index contributed by atoms with van der Waals surface area (Å²) >= 11 is 24.6. The van der Waals surface area contributed by atoms with Crippen molar-refractivity contribution < 1.29 is 44.3 Å². The molecule has 15 nitrogen and oxygen atoms in total. The van der Waals surface area contributed by atoms with Gasteiger partial charge in [0.1, 0.15) is 11.2 Å². The number of aliphatic carboxylic acids is 1. The summed E-state index contributed by atoms with van der Waals surface area (Å²) in [5, 5.41) is 39.0. The molecule has 3 aromatic heterocycles. The summed E-state index contributed by atoms with van der Waals surface area (Å²) in [5.41, 5.74) is 10.0. The van der Waals surface area contributed by atoms with Crippen LogP contribution >= 0.6 is 92.7 Å². The molecule has 434 valence electrons. The zero-order valence-electron chi connectivity index (χ0n) is 46.1. The number of ether oxygens (including phenoxy) is 2. The predicted octanol–water partition coefficient (Wildman–Crippen LogP) is 13.2. The maximum atomic E-state index is 11.9. The standard InChI is InChI=1S/C22H21ClN2O3S.C18H13ClN2O3S.C13H14ClIN2O2S.C9H8O/c1-22(2,3)28-20(27)13-29-21-24-18-10-16(17(23)11-19(18)25-21)9-8-14-4-6-15(12-26)7-5-14;19-14-8-16-15(20-18(21-16)25-10-17(23)24)7-13(14)6-5-11-1-3-12(9-22)4-2-11;1-13(2,3)19-11(18)6-20-12-16-9-4-7(14)8(15)5-10(9)17-12;1-2-8-3-5-9(7-10)6-4-8/h4-7,10-11,26H,12-13H2,1-3H3,(H,24,25);1-4,7-8,22H,9-10H2,(H,20,21)(H,23,24);4-5H,6H2,1-3H3,(H,16,17);1,3-6,10H,7H2. The van der Waals surface area contributed by atoms with Gasteiger partial charge in [0.25, 0.3) is 0 Å². The number of nitrogens with zero attached hydrogens (tertiary/aromatic N) is 3. The topological polar surface area (TPSA) is 237 Å². The smallest absolute Gasteiger partial charge is 0.316 e. The summed E-state index contributed by atoms with van der Waals surface area (Å²) in [6.45, 7) is 11.1. The first-order valence-electron chi connectivity index (χ1n) is 25.3. The number of rotatable bonds is 12. The van der Waals surface area contributed by atoms with Crippen molar-refractivity contribution in [1.29, 1.82) is 0 Å². The van der Waals surface area contributed by atoms with Gasteiger partial charge in [-0.1, -0.05) is 136 Å². The van der Waals surface area contributed by atoms with Gasteiger partial charge in [-0.25, -0.2) is 15.0 Å². The molecule has 84 heavy (non-hydrogen) atoms. The Hall–Kier alpha value is -6.65. The molecule has 9 aromatic rings. The van der Waals surface area contributed by atoms with Crippen LogP contribution < -0.4 is 0 Å². The highest BCUT2D eigenvalue weighted by atomic mass is 127. The van der Waals surface area contributed by atoms with E-state index in [1.165, 1.54) is 23.5 Å². The highest BCUT2D eigenvalue weighted by molar-refractivity contribution is 14.1. The van der Waals surface area contributed by atoms with Crippen molar-refractivity contribution in [2.45, 2.75) is 88.0 Å². The number of benzene rings is 6. The lowest BCUT2D eigenvalue weighted by Crippen LogP contribution is -2.24. The van der Waals surface area contributed by atoms with Crippen LogP contribution in [0.3, 0.4) is 0 Å². The third-order valence-electron chi connectivity index (χ3n) is 10.7. The van der Waals surface area contributed by atoms with Gasteiger partial charge in [-0.2, -0.15) is 0 Å². The van der Waals surface area contributed by atoms with Gasteiger partial charge < -0.3 is 44.9 Å².